The molecule has 1 heterocycles. The predicted octanol–water partition coefficient (Wildman–Crippen LogP) is 4.11. The lowest BCUT2D eigenvalue weighted by Crippen LogP contribution is -2.32. The van der Waals surface area contributed by atoms with Crippen LogP contribution in [0, 0.1) is 13.8 Å². The average Bonchev–Trinajstić information content (AvgIpc) is 2.85. The first-order valence-corrected chi connectivity index (χ1v) is 7.93. The summed E-state index contributed by atoms with van der Waals surface area (Å²) >= 11 is 0. The van der Waals surface area contributed by atoms with Gasteiger partial charge in [0, 0.05) is 6.04 Å². The number of rotatable bonds is 4. The SMILES string of the molecule is Cc1nc(CNC2CCC(c3ccccc3)CC2)oc1C. The second kappa shape index (κ2) is 6.44. The number of aromatic nitrogens is 1. The number of aryl methyl sites for hydroxylation is 2. The monoisotopic (exact) mass is 284 g/mol. The van der Waals surface area contributed by atoms with Gasteiger partial charge in [-0.05, 0) is 51.0 Å². The lowest BCUT2D eigenvalue weighted by atomic mass is 9.82. The van der Waals surface area contributed by atoms with E-state index in [1.807, 2.05) is 13.8 Å². The first kappa shape index (κ1) is 14.3. The molecule has 0 unspecified atom stereocenters. The Kier molecular flexibility index (Phi) is 4.39. The van der Waals surface area contributed by atoms with Crippen molar-refractivity contribution in [3.05, 3.63) is 53.2 Å². The van der Waals surface area contributed by atoms with E-state index in [-0.39, 0.29) is 0 Å². The third kappa shape index (κ3) is 3.53. The molecule has 0 amide bonds. The van der Waals surface area contributed by atoms with Gasteiger partial charge in [0.2, 0.25) is 5.89 Å². The molecule has 3 rings (SSSR count). The summed E-state index contributed by atoms with van der Waals surface area (Å²) in [6.45, 7) is 4.71. The maximum absolute atomic E-state index is 5.62. The third-order valence-corrected chi connectivity index (χ3v) is 4.61. The molecule has 1 saturated carbocycles. The van der Waals surface area contributed by atoms with Crippen LogP contribution in [0.4, 0.5) is 0 Å². The Bertz CT molecular complexity index is 549. The molecule has 2 aromatic rings. The Hall–Kier alpha value is -1.61. The molecule has 1 aliphatic carbocycles. The third-order valence-electron chi connectivity index (χ3n) is 4.61. The normalized spacial score (nSPS) is 22.4. The maximum atomic E-state index is 5.62. The minimum Gasteiger partial charge on any atom is -0.444 e. The van der Waals surface area contributed by atoms with Gasteiger partial charge >= 0.3 is 0 Å². The van der Waals surface area contributed by atoms with Crippen LogP contribution in [0.25, 0.3) is 0 Å². The highest BCUT2D eigenvalue weighted by atomic mass is 16.4. The van der Waals surface area contributed by atoms with E-state index < -0.39 is 0 Å². The summed E-state index contributed by atoms with van der Waals surface area (Å²) < 4.78 is 5.62. The topological polar surface area (TPSA) is 38.1 Å². The second-order valence-electron chi connectivity index (χ2n) is 6.09. The van der Waals surface area contributed by atoms with Crippen molar-refractivity contribution < 1.29 is 4.42 Å². The summed E-state index contributed by atoms with van der Waals surface area (Å²) in [6.07, 6.45) is 5.01. The number of nitrogens with zero attached hydrogens (tertiary/aromatic N) is 1. The van der Waals surface area contributed by atoms with E-state index in [2.05, 4.69) is 40.6 Å². The van der Waals surface area contributed by atoms with Crippen LogP contribution in [-0.2, 0) is 6.54 Å². The predicted molar refractivity (Wildman–Crippen MR) is 84.3 cm³/mol. The van der Waals surface area contributed by atoms with Crippen LogP contribution in [0.15, 0.2) is 34.7 Å². The van der Waals surface area contributed by atoms with E-state index in [0.29, 0.717) is 6.04 Å². The first-order chi connectivity index (χ1) is 10.2. The Balaban J connectivity index is 1.48. The molecular formula is C18H24N2O. The Labute approximate surface area is 126 Å². The summed E-state index contributed by atoms with van der Waals surface area (Å²) in [5.74, 6) is 2.48. The average molecular weight is 284 g/mol. The van der Waals surface area contributed by atoms with E-state index in [1.54, 1.807) is 0 Å². The lowest BCUT2D eigenvalue weighted by Gasteiger charge is -2.29. The van der Waals surface area contributed by atoms with Crippen molar-refractivity contribution in [3.8, 4) is 0 Å². The second-order valence-corrected chi connectivity index (χ2v) is 6.09. The Morgan fingerprint density at radius 1 is 1.10 bits per heavy atom. The zero-order valence-electron chi connectivity index (χ0n) is 12.9. The van der Waals surface area contributed by atoms with E-state index in [4.69, 9.17) is 4.42 Å². The van der Waals surface area contributed by atoms with Crippen LogP contribution in [0.2, 0.25) is 0 Å². The molecule has 21 heavy (non-hydrogen) atoms. The summed E-state index contributed by atoms with van der Waals surface area (Å²) in [6, 6.07) is 11.5. The zero-order valence-corrected chi connectivity index (χ0v) is 12.9. The van der Waals surface area contributed by atoms with Gasteiger partial charge in [-0.25, -0.2) is 4.98 Å². The molecule has 1 aliphatic rings. The smallest absolute Gasteiger partial charge is 0.208 e. The van der Waals surface area contributed by atoms with E-state index in [0.717, 1.165) is 29.8 Å². The minimum absolute atomic E-state index is 0.595. The highest BCUT2D eigenvalue weighted by molar-refractivity contribution is 5.20. The van der Waals surface area contributed by atoms with Crippen LogP contribution in [0.3, 0.4) is 0 Å². The van der Waals surface area contributed by atoms with Gasteiger partial charge in [-0.15, -0.1) is 0 Å². The van der Waals surface area contributed by atoms with Gasteiger partial charge in [-0.2, -0.15) is 0 Å². The van der Waals surface area contributed by atoms with Gasteiger partial charge in [0.1, 0.15) is 5.76 Å². The van der Waals surface area contributed by atoms with Gasteiger partial charge in [-0.3, -0.25) is 0 Å². The fraction of sp³-hybridized carbons (Fsp3) is 0.500. The Morgan fingerprint density at radius 2 is 1.81 bits per heavy atom. The molecule has 1 aromatic carbocycles. The fourth-order valence-electron chi connectivity index (χ4n) is 3.20. The van der Waals surface area contributed by atoms with Gasteiger partial charge in [0.15, 0.2) is 0 Å². The molecule has 0 spiro atoms. The van der Waals surface area contributed by atoms with Crippen molar-refractivity contribution in [2.24, 2.45) is 0 Å². The first-order valence-electron chi connectivity index (χ1n) is 7.93. The quantitative estimate of drug-likeness (QED) is 0.918. The van der Waals surface area contributed by atoms with Gasteiger partial charge in [-0.1, -0.05) is 30.3 Å². The van der Waals surface area contributed by atoms with E-state index in [1.165, 1.54) is 31.2 Å². The lowest BCUT2D eigenvalue weighted by molar-refractivity contribution is 0.327. The van der Waals surface area contributed by atoms with Crippen molar-refractivity contribution in [3.63, 3.8) is 0 Å². The molecule has 1 aromatic heterocycles. The largest absolute Gasteiger partial charge is 0.444 e. The highest BCUT2D eigenvalue weighted by Crippen LogP contribution is 2.32. The summed E-state index contributed by atoms with van der Waals surface area (Å²) in [5.41, 5.74) is 2.49. The number of oxazole rings is 1. The van der Waals surface area contributed by atoms with Crippen molar-refractivity contribution in [2.75, 3.05) is 0 Å². The van der Waals surface area contributed by atoms with Crippen LogP contribution in [0.5, 0.6) is 0 Å². The molecule has 112 valence electrons. The van der Waals surface area contributed by atoms with Gasteiger partial charge < -0.3 is 9.73 Å². The van der Waals surface area contributed by atoms with Crippen LogP contribution >= 0.6 is 0 Å². The van der Waals surface area contributed by atoms with Gasteiger partial charge in [0.25, 0.3) is 0 Å². The number of benzene rings is 1. The summed E-state index contributed by atoms with van der Waals surface area (Å²) in [7, 11) is 0. The van der Waals surface area contributed by atoms with Crippen LogP contribution in [0.1, 0.15) is 54.5 Å². The summed E-state index contributed by atoms with van der Waals surface area (Å²) in [5, 5.41) is 3.59. The molecule has 1 fully saturated rings. The number of hydrogen-bond donors (Lipinski definition) is 1. The minimum atomic E-state index is 0.595. The van der Waals surface area contributed by atoms with Gasteiger partial charge in [0.05, 0.1) is 12.2 Å². The van der Waals surface area contributed by atoms with Crippen molar-refractivity contribution in [2.45, 2.75) is 58.0 Å². The van der Waals surface area contributed by atoms with Crippen molar-refractivity contribution >= 4 is 0 Å². The fourth-order valence-corrected chi connectivity index (χ4v) is 3.20. The summed E-state index contributed by atoms with van der Waals surface area (Å²) in [4.78, 5) is 4.43. The molecule has 0 radical (unpaired) electrons. The van der Waals surface area contributed by atoms with E-state index >= 15 is 0 Å². The number of nitrogens with one attached hydrogen (secondary N) is 1. The van der Waals surface area contributed by atoms with E-state index in [9.17, 15) is 0 Å². The van der Waals surface area contributed by atoms with Crippen molar-refractivity contribution in [1.29, 1.82) is 0 Å². The standard InChI is InChI=1S/C18H24N2O/c1-13-14(2)21-18(20-13)12-19-17-10-8-16(9-11-17)15-6-4-3-5-7-15/h3-7,16-17,19H,8-12H2,1-2H3. The van der Waals surface area contributed by atoms with Crippen molar-refractivity contribution in [1.82, 2.24) is 10.3 Å². The zero-order chi connectivity index (χ0) is 14.7. The maximum Gasteiger partial charge on any atom is 0.208 e. The number of hydrogen-bond acceptors (Lipinski definition) is 3. The molecule has 0 bridgehead atoms. The molecule has 0 saturated heterocycles. The molecular weight excluding hydrogens is 260 g/mol. The molecule has 0 aliphatic heterocycles. The van der Waals surface area contributed by atoms with Crippen LogP contribution < -0.4 is 5.32 Å². The molecule has 0 atom stereocenters. The molecule has 1 N–H and O–H groups in total. The molecule has 3 nitrogen and oxygen atoms in total. The van der Waals surface area contributed by atoms with Crippen LogP contribution in [-0.4, -0.2) is 11.0 Å². The molecule has 3 heteroatoms. The Morgan fingerprint density at radius 3 is 2.43 bits per heavy atom. The highest BCUT2D eigenvalue weighted by Gasteiger charge is 2.22.